The van der Waals surface area contributed by atoms with Gasteiger partial charge in [0.1, 0.15) is 5.60 Å². The van der Waals surface area contributed by atoms with Crippen LogP contribution in [-0.4, -0.2) is 72.2 Å². The molecule has 3 saturated heterocycles. The Morgan fingerprint density at radius 3 is 1.97 bits per heavy atom. The van der Waals surface area contributed by atoms with Crippen LogP contribution in [0, 0.1) is 0 Å². The van der Waals surface area contributed by atoms with E-state index in [0.717, 1.165) is 64.4 Å². The molecule has 3 aliphatic rings. The molecule has 0 radical (unpaired) electrons. The Kier molecular flexibility index (Phi) is 9.16. The summed E-state index contributed by atoms with van der Waals surface area (Å²) >= 11 is 0. The average molecular weight is 447 g/mol. The second kappa shape index (κ2) is 11.2. The molecule has 0 aliphatic carbocycles. The number of hydrogen-bond acceptors (Lipinski definition) is 7. The first kappa shape index (κ1) is 24.6. The Hall–Kier alpha value is -0.0631. The maximum absolute atomic E-state index is 6.81. The zero-order chi connectivity index (χ0) is 21.5. The number of rotatable bonds is 13. The van der Waals surface area contributed by atoms with Gasteiger partial charge in [-0.3, -0.25) is 0 Å². The van der Waals surface area contributed by atoms with Crippen LogP contribution in [-0.2, 0) is 32.2 Å². The van der Waals surface area contributed by atoms with Gasteiger partial charge in [-0.15, -0.1) is 0 Å². The summed E-state index contributed by atoms with van der Waals surface area (Å²) in [5.41, 5.74) is -0.627. The van der Waals surface area contributed by atoms with Crippen LogP contribution in [0.15, 0.2) is 0 Å². The summed E-state index contributed by atoms with van der Waals surface area (Å²) in [6.07, 6.45) is 7.64. The highest BCUT2D eigenvalue weighted by Gasteiger charge is 2.77. The molecule has 0 N–H and O–H groups in total. The third-order valence-electron chi connectivity index (χ3n) is 6.50. The first-order chi connectivity index (χ1) is 14.6. The molecular formula is C22H42O7Si. The van der Waals surface area contributed by atoms with Gasteiger partial charge in [0.15, 0.2) is 11.5 Å². The van der Waals surface area contributed by atoms with Gasteiger partial charge < -0.3 is 32.2 Å². The minimum Gasteiger partial charge on any atom is -0.375 e. The van der Waals surface area contributed by atoms with Crippen molar-refractivity contribution in [2.45, 2.75) is 102 Å². The molecule has 7 nitrogen and oxygen atoms in total. The fourth-order valence-electron chi connectivity index (χ4n) is 5.25. The third-order valence-corrected chi connectivity index (χ3v) is 10.0. The summed E-state index contributed by atoms with van der Waals surface area (Å²) in [6.45, 7) is 9.51. The molecule has 0 aromatic rings. The van der Waals surface area contributed by atoms with Gasteiger partial charge in [-0.1, -0.05) is 20.8 Å². The van der Waals surface area contributed by atoms with Gasteiger partial charge in [-0.2, -0.15) is 0 Å². The molecule has 0 bridgehead atoms. The molecule has 0 amide bonds. The second-order valence-electron chi connectivity index (χ2n) is 8.59. The molecule has 3 aliphatic heterocycles. The van der Waals surface area contributed by atoms with Crippen molar-refractivity contribution in [1.82, 2.24) is 0 Å². The Balaban J connectivity index is 2.11. The molecule has 4 unspecified atom stereocenters. The number of hydrogen-bond donors (Lipinski definition) is 0. The monoisotopic (exact) mass is 446 g/mol. The molecule has 4 atom stereocenters. The zero-order valence-corrected chi connectivity index (χ0v) is 20.4. The summed E-state index contributed by atoms with van der Waals surface area (Å²) < 4.78 is 45.3. The predicted molar refractivity (Wildman–Crippen MR) is 115 cm³/mol. The Bertz CT molecular complexity index is 486. The van der Waals surface area contributed by atoms with Gasteiger partial charge in [0, 0.05) is 46.6 Å². The minimum absolute atomic E-state index is 0.0387. The van der Waals surface area contributed by atoms with E-state index in [-0.39, 0.29) is 12.4 Å². The van der Waals surface area contributed by atoms with Crippen LogP contribution in [0.3, 0.4) is 0 Å². The highest BCUT2D eigenvalue weighted by Crippen LogP contribution is 2.55. The molecular weight excluding hydrogens is 404 g/mol. The third kappa shape index (κ3) is 4.39. The lowest BCUT2D eigenvalue weighted by Gasteiger charge is -2.53. The quantitative estimate of drug-likeness (QED) is 0.396. The molecule has 30 heavy (non-hydrogen) atoms. The van der Waals surface area contributed by atoms with Gasteiger partial charge >= 0.3 is 8.80 Å². The first-order valence-electron chi connectivity index (χ1n) is 12.0. The lowest BCUT2D eigenvalue weighted by atomic mass is 9.83. The molecule has 0 aromatic carbocycles. The van der Waals surface area contributed by atoms with Crippen LogP contribution >= 0.6 is 0 Å². The standard InChI is InChI=1S/C22H42O7Si/c1-5-14-26-30(27-15-6-2,28-16-7-3)22(13-11-20(23-4)29-22)21(12-9-18-25-21)19-10-8-17-24-19/h19-20H,5-18H2,1-4H3. The highest BCUT2D eigenvalue weighted by atomic mass is 28.4. The van der Waals surface area contributed by atoms with Crippen molar-refractivity contribution >= 4 is 8.80 Å². The topological polar surface area (TPSA) is 64.6 Å². The van der Waals surface area contributed by atoms with E-state index in [1.807, 2.05) is 0 Å². The summed E-state index contributed by atoms with van der Waals surface area (Å²) in [5, 5.41) is -0.828. The predicted octanol–water partition coefficient (Wildman–Crippen LogP) is 3.99. The maximum Gasteiger partial charge on any atom is 0.538 e. The molecule has 0 saturated carbocycles. The molecule has 3 heterocycles. The van der Waals surface area contributed by atoms with Crippen LogP contribution in [0.25, 0.3) is 0 Å². The molecule has 8 heteroatoms. The van der Waals surface area contributed by atoms with Crippen molar-refractivity contribution in [2.24, 2.45) is 0 Å². The summed E-state index contributed by atoms with van der Waals surface area (Å²) in [4.78, 5) is 0. The first-order valence-corrected chi connectivity index (χ1v) is 13.7. The molecule has 0 aromatic heterocycles. The summed E-state index contributed by atoms with van der Waals surface area (Å²) in [5.74, 6) is 0. The van der Waals surface area contributed by atoms with E-state index in [2.05, 4.69) is 20.8 Å². The van der Waals surface area contributed by atoms with Gasteiger partial charge in [-0.25, -0.2) is 0 Å². The van der Waals surface area contributed by atoms with Crippen molar-refractivity contribution in [2.75, 3.05) is 40.1 Å². The van der Waals surface area contributed by atoms with E-state index in [4.69, 9.17) is 32.2 Å². The molecule has 176 valence electrons. The largest absolute Gasteiger partial charge is 0.538 e. The average Bonchev–Trinajstić information content (AvgIpc) is 3.54. The van der Waals surface area contributed by atoms with Crippen LogP contribution in [0.1, 0.15) is 78.6 Å². The van der Waals surface area contributed by atoms with Crippen LogP contribution in [0.2, 0.25) is 0 Å². The normalized spacial score (nSPS) is 34.8. The van der Waals surface area contributed by atoms with Gasteiger partial charge in [0.25, 0.3) is 0 Å². The van der Waals surface area contributed by atoms with E-state index in [1.165, 1.54) is 0 Å². The zero-order valence-electron chi connectivity index (χ0n) is 19.4. The van der Waals surface area contributed by atoms with Crippen molar-refractivity contribution < 1.29 is 32.2 Å². The van der Waals surface area contributed by atoms with Crippen LogP contribution < -0.4 is 0 Å². The van der Waals surface area contributed by atoms with E-state index >= 15 is 0 Å². The van der Waals surface area contributed by atoms with E-state index in [0.29, 0.717) is 26.4 Å². The maximum atomic E-state index is 6.81. The summed E-state index contributed by atoms with van der Waals surface area (Å²) in [6, 6.07) is 0. The Morgan fingerprint density at radius 1 is 0.867 bits per heavy atom. The second-order valence-corrected chi connectivity index (χ2v) is 11.4. The van der Waals surface area contributed by atoms with Crippen molar-refractivity contribution in [3.8, 4) is 0 Å². The van der Waals surface area contributed by atoms with Gasteiger partial charge in [-0.05, 0) is 51.4 Å². The van der Waals surface area contributed by atoms with Crippen molar-refractivity contribution in [3.05, 3.63) is 0 Å². The lowest BCUT2D eigenvalue weighted by Crippen LogP contribution is -2.77. The SMILES string of the molecule is CCCO[Si](OCCC)(OCCC)C1(C2(C3CCCO3)CCCO2)CCC(OC)O1. The van der Waals surface area contributed by atoms with Crippen LogP contribution in [0.5, 0.6) is 0 Å². The summed E-state index contributed by atoms with van der Waals surface area (Å²) in [7, 11) is -1.65. The van der Waals surface area contributed by atoms with E-state index < -0.39 is 19.6 Å². The molecule has 0 spiro atoms. The van der Waals surface area contributed by atoms with E-state index in [9.17, 15) is 0 Å². The Morgan fingerprint density at radius 2 is 1.53 bits per heavy atom. The lowest BCUT2D eigenvalue weighted by molar-refractivity contribution is -0.245. The molecule has 3 fully saturated rings. The van der Waals surface area contributed by atoms with Crippen molar-refractivity contribution in [1.29, 1.82) is 0 Å². The fraction of sp³-hybridized carbons (Fsp3) is 1.00. The number of ether oxygens (including phenoxy) is 4. The van der Waals surface area contributed by atoms with Gasteiger partial charge in [0.2, 0.25) is 0 Å². The highest BCUT2D eigenvalue weighted by molar-refractivity contribution is 6.64. The fourth-order valence-corrected chi connectivity index (χ4v) is 9.22. The minimum atomic E-state index is -3.35. The smallest absolute Gasteiger partial charge is 0.375 e. The van der Waals surface area contributed by atoms with Gasteiger partial charge in [0.05, 0.1) is 6.10 Å². The molecule has 3 rings (SSSR count). The number of methoxy groups -OCH3 is 1. The van der Waals surface area contributed by atoms with E-state index in [1.54, 1.807) is 7.11 Å². The van der Waals surface area contributed by atoms with Crippen LogP contribution in [0.4, 0.5) is 0 Å². The van der Waals surface area contributed by atoms with Crippen molar-refractivity contribution in [3.63, 3.8) is 0 Å². The Labute approximate surface area is 183 Å².